The van der Waals surface area contributed by atoms with Crippen LogP contribution in [0.2, 0.25) is 0 Å². The van der Waals surface area contributed by atoms with Crippen molar-refractivity contribution in [3.05, 3.63) is 29.8 Å². The maximum absolute atomic E-state index is 12.7. The van der Waals surface area contributed by atoms with E-state index in [1.807, 2.05) is 0 Å². The van der Waals surface area contributed by atoms with E-state index in [0.29, 0.717) is 18.8 Å². The minimum Gasteiger partial charge on any atom is -0.332 e. The number of aromatic nitrogens is 1. The van der Waals surface area contributed by atoms with Crippen molar-refractivity contribution in [3.63, 3.8) is 0 Å². The number of urea groups is 1. The number of amides is 2. The number of likely N-dealkylation sites (tertiary alicyclic amines) is 1. The molecule has 3 N–H and O–H groups in total. The maximum Gasteiger partial charge on any atom is 0.317 e. The normalized spacial score (nSPS) is 23.7. The van der Waals surface area contributed by atoms with E-state index in [9.17, 15) is 9.18 Å². The van der Waals surface area contributed by atoms with E-state index in [-0.39, 0.29) is 23.3 Å². The highest BCUT2D eigenvalue weighted by molar-refractivity contribution is 5.74. The Morgan fingerprint density at radius 2 is 2.35 bits per heavy atom. The van der Waals surface area contributed by atoms with Crippen LogP contribution in [-0.2, 0) is 6.54 Å². The van der Waals surface area contributed by atoms with Gasteiger partial charge in [0.25, 0.3) is 0 Å². The summed E-state index contributed by atoms with van der Waals surface area (Å²) in [5.41, 5.74) is 6.95. The fourth-order valence-corrected chi connectivity index (χ4v) is 3.10. The second-order valence-corrected chi connectivity index (χ2v) is 5.83. The second kappa shape index (κ2) is 5.01. The van der Waals surface area contributed by atoms with Gasteiger partial charge in [0.2, 0.25) is 0 Å². The summed E-state index contributed by atoms with van der Waals surface area (Å²) in [7, 11) is 0. The van der Waals surface area contributed by atoms with Gasteiger partial charge in [-0.2, -0.15) is 0 Å². The fourth-order valence-electron chi connectivity index (χ4n) is 3.10. The molecular weight excluding hydrogens is 259 g/mol. The topological polar surface area (TPSA) is 71.2 Å². The average molecular weight is 278 g/mol. The predicted molar refractivity (Wildman–Crippen MR) is 72.3 cm³/mol. The monoisotopic (exact) mass is 278 g/mol. The van der Waals surface area contributed by atoms with E-state index in [2.05, 4.69) is 10.3 Å². The van der Waals surface area contributed by atoms with Crippen molar-refractivity contribution in [1.82, 2.24) is 15.2 Å². The molecule has 3 rings (SSSR count). The van der Waals surface area contributed by atoms with Crippen LogP contribution >= 0.6 is 0 Å². The van der Waals surface area contributed by atoms with Crippen LogP contribution < -0.4 is 11.1 Å². The molecule has 20 heavy (non-hydrogen) atoms. The van der Waals surface area contributed by atoms with Crippen LogP contribution in [0.3, 0.4) is 0 Å². The Hall–Kier alpha value is -1.69. The maximum atomic E-state index is 12.7. The zero-order chi connectivity index (χ0) is 14.2. The van der Waals surface area contributed by atoms with Gasteiger partial charge in [-0.05, 0) is 25.0 Å². The molecule has 1 atom stereocenters. The van der Waals surface area contributed by atoms with Crippen LogP contribution in [0.15, 0.2) is 18.3 Å². The third-order valence-corrected chi connectivity index (χ3v) is 4.56. The highest BCUT2D eigenvalue weighted by Crippen LogP contribution is 2.47. The Bertz CT molecular complexity index is 500. The van der Waals surface area contributed by atoms with Crippen molar-refractivity contribution in [2.75, 3.05) is 13.1 Å². The van der Waals surface area contributed by atoms with Gasteiger partial charge in [-0.3, -0.25) is 4.98 Å². The number of carbonyl (C=O) groups excluding carboxylic acids is 1. The van der Waals surface area contributed by atoms with Gasteiger partial charge in [0.1, 0.15) is 5.82 Å². The molecule has 0 bridgehead atoms. The summed E-state index contributed by atoms with van der Waals surface area (Å²) in [6.45, 7) is 1.66. The van der Waals surface area contributed by atoms with E-state index >= 15 is 0 Å². The lowest BCUT2D eigenvalue weighted by atomic mass is 9.66. The fraction of sp³-hybridized carbons (Fsp3) is 0.571. The first kappa shape index (κ1) is 13.3. The predicted octanol–water partition coefficient (Wildman–Crippen LogP) is 1.24. The van der Waals surface area contributed by atoms with Crippen LogP contribution in [0.25, 0.3) is 0 Å². The number of nitrogens with zero attached hydrogens (tertiary/aromatic N) is 2. The quantitative estimate of drug-likeness (QED) is 0.855. The minimum atomic E-state index is -0.377. The third kappa shape index (κ3) is 2.35. The summed E-state index contributed by atoms with van der Waals surface area (Å²) in [5.74, 6) is -0.377. The molecule has 1 aliphatic heterocycles. The van der Waals surface area contributed by atoms with Gasteiger partial charge in [-0.25, -0.2) is 9.18 Å². The lowest BCUT2D eigenvalue weighted by molar-refractivity contribution is 0.125. The number of hydrogen-bond acceptors (Lipinski definition) is 3. The first-order valence-electron chi connectivity index (χ1n) is 6.98. The van der Waals surface area contributed by atoms with Crippen molar-refractivity contribution in [2.45, 2.75) is 31.8 Å². The summed E-state index contributed by atoms with van der Waals surface area (Å²) in [5, 5.41) is 2.81. The number of pyridine rings is 1. The molecule has 1 aromatic heterocycles. The standard InChI is InChI=1S/C14H19FN4O/c15-10-2-3-11(17-6-10)7-18-13(20)19-8-12(16)14(9-19)4-1-5-14/h2-3,6,12H,1,4-5,7-9,16H2,(H,18,20). The molecule has 1 saturated carbocycles. The van der Waals surface area contributed by atoms with E-state index in [1.165, 1.54) is 12.5 Å². The van der Waals surface area contributed by atoms with Crippen LogP contribution in [0.4, 0.5) is 9.18 Å². The summed E-state index contributed by atoms with van der Waals surface area (Å²) in [6, 6.07) is 2.88. The molecule has 1 aliphatic carbocycles. The Balaban J connectivity index is 1.54. The summed E-state index contributed by atoms with van der Waals surface area (Å²) >= 11 is 0. The number of rotatable bonds is 2. The molecule has 1 saturated heterocycles. The molecule has 0 radical (unpaired) electrons. The van der Waals surface area contributed by atoms with E-state index in [1.54, 1.807) is 11.0 Å². The summed E-state index contributed by atoms with van der Waals surface area (Å²) in [6.07, 6.45) is 4.61. The van der Waals surface area contributed by atoms with E-state index in [4.69, 9.17) is 5.73 Å². The van der Waals surface area contributed by atoms with Crippen molar-refractivity contribution in [3.8, 4) is 0 Å². The number of halogens is 1. The summed E-state index contributed by atoms with van der Waals surface area (Å²) in [4.78, 5) is 17.8. The molecule has 1 unspecified atom stereocenters. The van der Waals surface area contributed by atoms with Crippen LogP contribution in [0.1, 0.15) is 25.0 Å². The van der Waals surface area contributed by atoms with Crippen LogP contribution in [0.5, 0.6) is 0 Å². The molecular formula is C14H19FN4O. The third-order valence-electron chi connectivity index (χ3n) is 4.56. The Morgan fingerprint density at radius 1 is 1.55 bits per heavy atom. The molecule has 5 nitrogen and oxygen atoms in total. The zero-order valence-corrected chi connectivity index (χ0v) is 11.3. The molecule has 1 spiro atoms. The Labute approximate surface area is 117 Å². The van der Waals surface area contributed by atoms with Gasteiger partial charge in [0.05, 0.1) is 18.4 Å². The van der Waals surface area contributed by atoms with Crippen molar-refractivity contribution < 1.29 is 9.18 Å². The molecule has 2 aliphatic rings. The second-order valence-electron chi connectivity index (χ2n) is 5.83. The number of nitrogens with one attached hydrogen (secondary N) is 1. The highest BCUT2D eigenvalue weighted by atomic mass is 19.1. The SMILES string of the molecule is NC1CN(C(=O)NCc2ccc(F)cn2)CC12CCC2. The molecule has 6 heteroatoms. The lowest BCUT2D eigenvalue weighted by Crippen LogP contribution is -2.45. The Kier molecular flexibility index (Phi) is 3.33. The molecule has 2 fully saturated rings. The molecule has 108 valence electrons. The largest absolute Gasteiger partial charge is 0.332 e. The van der Waals surface area contributed by atoms with Crippen LogP contribution in [0, 0.1) is 11.2 Å². The molecule has 2 amide bonds. The van der Waals surface area contributed by atoms with E-state index in [0.717, 1.165) is 25.6 Å². The number of hydrogen-bond donors (Lipinski definition) is 2. The zero-order valence-electron chi connectivity index (χ0n) is 11.3. The van der Waals surface area contributed by atoms with Crippen molar-refractivity contribution >= 4 is 6.03 Å². The smallest absolute Gasteiger partial charge is 0.317 e. The average Bonchev–Trinajstić information content (AvgIpc) is 2.75. The Morgan fingerprint density at radius 3 is 2.90 bits per heavy atom. The van der Waals surface area contributed by atoms with Gasteiger partial charge in [0, 0.05) is 24.5 Å². The first-order chi connectivity index (χ1) is 9.59. The molecule has 2 heterocycles. The first-order valence-corrected chi connectivity index (χ1v) is 6.98. The lowest BCUT2D eigenvalue weighted by Gasteiger charge is -2.41. The van der Waals surface area contributed by atoms with Gasteiger partial charge in [0.15, 0.2) is 0 Å². The van der Waals surface area contributed by atoms with Gasteiger partial charge in [-0.1, -0.05) is 6.42 Å². The van der Waals surface area contributed by atoms with Crippen LogP contribution in [-0.4, -0.2) is 35.0 Å². The van der Waals surface area contributed by atoms with Crippen molar-refractivity contribution in [2.24, 2.45) is 11.1 Å². The number of carbonyl (C=O) groups is 1. The molecule has 1 aromatic rings. The van der Waals surface area contributed by atoms with Gasteiger partial charge in [-0.15, -0.1) is 0 Å². The highest BCUT2D eigenvalue weighted by Gasteiger charge is 2.49. The number of nitrogens with two attached hydrogens (primary N) is 1. The minimum absolute atomic E-state index is 0.0888. The van der Waals surface area contributed by atoms with Gasteiger partial charge >= 0.3 is 6.03 Å². The van der Waals surface area contributed by atoms with Gasteiger partial charge < -0.3 is 16.0 Å². The van der Waals surface area contributed by atoms with Crippen molar-refractivity contribution in [1.29, 1.82) is 0 Å². The summed E-state index contributed by atoms with van der Waals surface area (Å²) < 4.78 is 12.7. The van der Waals surface area contributed by atoms with E-state index < -0.39 is 0 Å². The molecule has 0 aromatic carbocycles.